The number of hydrogen-bond donors (Lipinski definition) is 0. The molecule has 0 aliphatic rings. The highest BCUT2D eigenvalue weighted by Gasteiger charge is 2.16. The Kier molecular flexibility index (Phi) is 7.12. The van der Waals surface area contributed by atoms with Gasteiger partial charge in [0.25, 0.3) is 0 Å². The minimum absolute atomic E-state index is 0.0767. The maximum atomic E-state index is 12.7. The van der Waals surface area contributed by atoms with E-state index in [1.54, 1.807) is 4.90 Å². The van der Waals surface area contributed by atoms with Gasteiger partial charge in [0, 0.05) is 13.1 Å². The molecule has 0 radical (unpaired) electrons. The molecule has 3 heteroatoms. The molecule has 0 aromatic heterocycles. The Morgan fingerprint density at radius 1 is 0.759 bits per heavy atom. The molecule has 0 bridgehead atoms. The summed E-state index contributed by atoms with van der Waals surface area (Å²) < 4.78 is 0. The van der Waals surface area contributed by atoms with E-state index in [0.717, 1.165) is 22.3 Å². The Morgan fingerprint density at radius 3 is 1.72 bits per heavy atom. The molecule has 3 nitrogen and oxygen atoms in total. The molecule has 0 saturated heterocycles. The molecule has 3 aromatic rings. The maximum Gasteiger partial charge on any atom is 0.230 e. The second kappa shape index (κ2) is 10.2. The lowest BCUT2D eigenvalue weighted by molar-refractivity contribution is -0.134. The van der Waals surface area contributed by atoms with Gasteiger partial charge in [-0.3, -0.25) is 9.59 Å². The number of hydrogen-bond acceptors (Lipinski definition) is 2. The van der Waals surface area contributed by atoms with E-state index in [-0.39, 0.29) is 18.1 Å². The zero-order valence-corrected chi connectivity index (χ0v) is 16.6. The highest BCUT2D eigenvalue weighted by Crippen LogP contribution is 2.23. The van der Waals surface area contributed by atoms with Gasteiger partial charge in [-0.2, -0.15) is 0 Å². The second-order valence-electron chi connectivity index (χ2n) is 6.99. The number of Topliss-reactive ketones (excluding diaryl/α,β-unsaturated/α-hetero) is 1. The summed E-state index contributed by atoms with van der Waals surface area (Å²) in [6, 6.07) is 30.1. The van der Waals surface area contributed by atoms with Crippen molar-refractivity contribution >= 4 is 17.3 Å². The minimum Gasteiger partial charge on any atom is -0.334 e. The summed E-state index contributed by atoms with van der Waals surface area (Å²) in [5.74, 6) is -0.276. The molecule has 0 unspecified atom stereocenters. The molecule has 0 aliphatic heterocycles. The number of nitrogens with zero attached hydrogens (tertiary/aromatic N) is 1. The van der Waals surface area contributed by atoms with Crippen molar-refractivity contribution in [3.8, 4) is 0 Å². The molecule has 3 aromatic carbocycles. The summed E-state index contributed by atoms with van der Waals surface area (Å²) in [5.41, 5.74) is 4.30. The van der Waals surface area contributed by atoms with Crippen LogP contribution in [-0.4, -0.2) is 23.1 Å². The molecule has 0 N–H and O–H groups in total. The van der Waals surface area contributed by atoms with Crippen LogP contribution in [0.15, 0.2) is 97.1 Å². The summed E-state index contributed by atoms with van der Waals surface area (Å²) in [6.07, 6.45) is 2.00. The number of carbonyl (C=O) groups excluding carboxylic acids is 2. The topological polar surface area (TPSA) is 37.4 Å². The van der Waals surface area contributed by atoms with Crippen LogP contribution >= 0.6 is 0 Å². The van der Waals surface area contributed by atoms with Crippen LogP contribution in [-0.2, 0) is 16.1 Å². The normalized spacial score (nSPS) is 10.2. The first-order valence-corrected chi connectivity index (χ1v) is 9.75. The average Bonchev–Trinajstić information content (AvgIpc) is 2.75. The van der Waals surface area contributed by atoms with Gasteiger partial charge in [0.15, 0.2) is 0 Å². The quantitative estimate of drug-likeness (QED) is 0.506. The maximum absolute atomic E-state index is 12.7. The van der Waals surface area contributed by atoms with E-state index in [2.05, 4.69) is 30.3 Å². The molecule has 3 rings (SSSR count). The largest absolute Gasteiger partial charge is 0.334 e. The van der Waals surface area contributed by atoms with Gasteiger partial charge in [0.05, 0.1) is 6.42 Å². The first-order valence-electron chi connectivity index (χ1n) is 9.75. The van der Waals surface area contributed by atoms with Crippen LogP contribution < -0.4 is 0 Å². The van der Waals surface area contributed by atoms with E-state index in [9.17, 15) is 9.59 Å². The number of amides is 1. The fourth-order valence-corrected chi connectivity index (χ4v) is 3.22. The van der Waals surface area contributed by atoms with Crippen LogP contribution in [0.2, 0.25) is 0 Å². The first-order chi connectivity index (χ1) is 14.1. The molecule has 146 valence electrons. The first kappa shape index (κ1) is 20.3. The molecule has 0 aliphatic carbocycles. The lowest BCUT2D eigenvalue weighted by Crippen LogP contribution is -2.32. The third kappa shape index (κ3) is 6.01. The monoisotopic (exact) mass is 383 g/mol. The standard InChI is InChI=1S/C26H25NO2/c1-21(28)19-26(29)27(20-22-11-5-2-6-12-22)18-17-25(23-13-7-3-8-14-23)24-15-9-4-10-16-24/h2-17H,18-20H2,1H3. The van der Waals surface area contributed by atoms with Crippen LogP contribution in [0, 0.1) is 0 Å². The summed E-state index contributed by atoms with van der Waals surface area (Å²) in [6.45, 7) is 2.36. The third-order valence-corrected chi connectivity index (χ3v) is 4.65. The van der Waals surface area contributed by atoms with Gasteiger partial charge in [0.2, 0.25) is 5.91 Å². The molecular weight excluding hydrogens is 358 g/mol. The van der Waals surface area contributed by atoms with E-state index in [1.807, 2.05) is 66.7 Å². The van der Waals surface area contributed by atoms with E-state index in [0.29, 0.717) is 13.1 Å². The van der Waals surface area contributed by atoms with Gasteiger partial charge in [-0.1, -0.05) is 97.1 Å². The molecule has 0 fully saturated rings. The van der Waals surface area contributed by atoms with Gasteiger partial charge in [-0.15, -0.1) is 0 Å². The zero-order chi connectivity index (χ0) is 20.5. The Bertz CT molecular complexity index is 922. The van der Waals surface area contributed by atoms with Crippen molar-refractivity contribution in [2.24, 2.45) is 0 Å². The van der Waals surface area contributed by atoms with Crippen molar-refractivity contribution in [1.29, 1.82) is 0 Å². The van der Waals surface area contributed by atoms with Crippen molar-refractivity contribution in [3.05, 3.63) is 114 Å². The van der Waals surface area contributed by atoms with Gasteiger partial charge in [-0.25, -0.2) is 0 Å². The average molecular weight is 383 g/mol. The van der Waals surface area contributed by atoms with Crippen LogP contribution in [0.3, 0.4) is 0 Å². The molecule has 0 atom stereocenters. The van der Waals surface area contributed by atoms with Gasteiger partial charge < -0.3 is 4.90 Å². The Hall–Kier alpha value is -3.46. The molecule has 0 heterocycles. The number of ketones is 1. The molecule has 0 spiro atoms. The minimum atomic E-state index is -0.155. The fraction of sp³-hybridized carbons (Fsp3) is 0.154. The number of benzene rings is 3. The van der Waals surface area contributed by atoms with Gasteiger partial charge in [-0.05, 0) is 29.2 Å². The number of carbonyl (C=O) groups is 2. The van der Waals surface area contributed by atoms with Crippen LogP contribution in [0.1, 0.15) is 30.0 Å². The van der Waals surface area contributed by atoms with E-state index < -0.39 is 0 Å². The predicted molar refractivity (Wildman–Crippen MR) is 117 cm³/mol. The van der Waals surface area contributed by atoms with Crippen molar-refractivity contribution in [1.82, 2.24) is 4.90 Å². The van der Waals surface area contributed by atoms with Crippen molar-refractivity contribution in [3.63, 3.8) is 0 Å². The van der Waals surface area contributed by atoms with E-state index in [1.165, 1.54) is 6.92 Å². The Morgan fingerprint density at radius 2 is 1.24 bits per heavy atom. The summed E-state index contributed by atoms with van der Waals surface area (Å²) in [7, 11) is 0. The Balaban J connectivity index is 1.91. The second-order valence-corrected chi connectivity index (χ2v) is 6.99. The van der Waals surface area contributed by atoms with Crippen LogP contribution in [0.4, 0.5) is 0 Å². The SMILES string of the molecule is CC(=O)CC(=O)N(CC=C(c1ccccc1)c1ccccc1)Cc1ccccc1. The van der Waals surface area contributed by atoms with Crippen molar-refractivity contribution in [2.75, 3.05) is 6.54 Å². The van der Waals surface area contributed by atoms with Crippen molar-refractivity contribution < 1.29 is 9.59 Å². The van der Waals surface area contributed by atoms with E-state index in [4.69, 9.17) is 0 Å². The lowest BCUT2D eigenvalue weighted by Gasteiger charge is -2.22. The molecule has 1 amide bonds. The smallest absolute Gasteiger partial charge is 0.230 e. The van der Waals surface area contributed by atoms with Crippen molar-refractivity contribution in [2.45, 2.75) is 19.9 Å². The van der Waals surface area contributed by atoms with Crippen LogP contribution in [0.25, 0.3) is 5.57 Å². The van der Waals surface area contributed by atoms with E-state index >= 15 is 0 Å². The number of rotatable bonds is 8. The highest BCUT2D eigenvalue weighted by molar-refractivity contribution is 5.97. The molecular formula is C26H25NO2. The summed E-state index contributed by atoms with van der Waals surface area (Å²) in [4.78, 5) is 26.0. The highest BCUT2D eigenvalue weighted by atomic mass is 16.2. The molecule has 0 saturated carbocycles. The lowest BCUT2D eigenvalue weighted by atomic mass is 9.97. The Labute approximate surface area is 172 Å². The van der Waals surface area contributed by atoms with Gasteiger partial charge >= 0.3 is 0 Å². The van der Waals surface area contributed by atoms with Crippen LogP contribution in [0.5, 0.6) is 0 Å². The van der Waals surface area contributed by atoms with Gasteiger partial charge in [0.1, 0.15) is 5.78 Å². The third-order valence-electron chi connectivity index (χ3n) is 4.65. The summed E-state index contributed by atoms with van der Waals surface area (Å²) in [5, 5.41) is 0. The summed E-state index contributed by atoms with van der Waals surface area (Å²) >= 11 is 0. The fourth-order valence-electron chi connectivity index (χ4n) is 3.22. The molecule has 29 heavy (non-hydrogen) atoms. The zero-order valence-electron chi connectivity index (χ0n) is 16.6. The predicted octanol–water partition coefficient (Wildman–Crippen LogP) is 5.13.